The molecule has 1 aliphatic rings. The van der Waals surface area contributed by atoms with Crippen LogP contribution in [0.3, 0.4) is 0 Å². The molecule has 0 saturated heterocycles. The lowest BCUT2D eigenvalue weighted by Gasteiger charge is -2.26. The van der Waals surface area contributed by atoms with Gasteiger partial charge in [0, 0.05) is 35.3 Å². The number of aromatic carboxylic acids is 1. The zero-order valence-electron chi connectivity index (χ0n) is 20.9. The molecule has 37 heavy (non-hydrogen) atoms. The predicted molar refractivity (Wildman–Crippen MR) is 141 cm³/mol. The van der Waals surface area contributed by atoms with Crippen LogP contribution in [0.4, 0.5) is 0 Å². The molecule has 1 atom stereocenters. The summed E-state index contributed by atoms with van der Waals surface area (Å²) in [6.45, 7) is 3.86. The quantitative estimate of drug-likeness (QED) is 0.279. The topological polar surface area (TPSA) is 94.0 Å². The molecule has 186 valence electrons. The van der Waals surface area contributed by atoms with Crippen LogP contribution in [0.1, 0.15) is 59.2 Å². The van der Waals surface area contributed by atoms with Crippen LogP contribution in [0.15, 0.2) is 71.6 Å². The number of rotatable bonds is 6. The number of pyridine rings is 2. The lowest BCUT2D eigenvalue weighted by atomic mass is 9.94. The Labute approximate surface area is 214 Å². The molecular formula is C30H28N4O3. The predicted octanol–water partition coefficient (Wildman–Crippen LogP) is 6.85. The minimum Gasteiger partial charge on any atom is -0.478 e. The number of benzene rings is 1. The van der Waals surface area contributed by atoms with Gasteiger partial charge in [-0.25, -0.2) is 4.79 Å². The third-order valence-corrected chi connectivity index (χ3v) is 7.57. The number of hydrogen-bond donors (Lipinski definition) is 1. The van der Waals surface area contributed by atoms with Gasteiger partial charge in [0.25, 0.3) is 0 Å². The summed E-state index contributed by atoms with van der Waals surface area (Å²) in [5.74, 6) is 0.293. The number of hydrogen-bond acceptors (Lipinski definition) is 5. The van der Waals surface area contributed by atoms with Crippen LogP contribution in [-0.4, -0.2) is 30.8 Å². The van der Waals surface area contributed by atoms with Gasteiger partial charge >= 0.3 is 5.97 Å². The lowest BCUT2D eigenvalue weighted by molar-refractivity contribution is 0.0697. The summed E-state index contributed by atoms with van der Waals surface area (Å²) in [6.07, 6.45) is 10.7. The van der Waals surface area contributed by atoms with E-state index in [1.807, 2.05) is 44.4 Å². The van der Waals surface area contributed by atoms with E-state index in [0.717, 1.165) is 63.3 Å². The van der Waals surface area contributed by atoms with Gasteiger partial charge in [-0.05, 0) is 68.5 Å². The molecule has 7 heteroatoms. The van der Waals surface area contributed by atoms with Gasteiger partial charge in [0.15, 0.2) is 0 Å². The maximum Gasteiger partial charge on any atom is 0.335 e. The molecule has 4 heterocycles. The molecule has 1 aromatic carbocycles. The Hall–Kier alpha value is -4.26. The molecule has 6 rings (SSSR count). The first-order valence-electron chi connectivity index (χ1n) is 12.7. The van der Waals surface area contributed by atoms with Gasteiger partial charge in [-0.15, -0.1) is 0 Å². The Bertz CT molecular complexity index is 1560. The van der Waals surface area contributed by atoms with E-state index >= 15 is 0 Å². The maximum atomic E-state index is 11.4. The van der Waals surface area contributed by atoms with Gasteiger partial charge in [-0.3, -0.25) is 9.97 Å². The summed E-state index contributed by atoms with van der Waals surface area (Å²) in [4.78, 5) is 21.2. The number of carboxylic acid groups (broad SMARTS) is 1. The molecule has 0 bridgehead atoms. The minimum absolute atomic E-state index is 0.0694. The second kappa shape index (κ2) is 9.32. The second-order valence-corrected chi connectivity index (χ2v) is 9.87. The van der Waals surface area contributed by atoms with Crippen molar-refractivity contribution in [3.05, 3.63) is 89.8 Å². The number of fused-ring (bicyclic) bond motifs is 1. The van der Waals surface area contributed by atoms with E-state index in [2.05, 4.69) is 34.1 Å². The SMILES string of the molecule is Cc1noc(C)c1-c1cnc2c(-c3ccc(C(=O)O)cc3)cn([C@@H](c3ccccn3)C3CCCC3)c2c1. The van der Waals surface area contributed by atoms with Crippen LogP contribution in [0.5, 0.6) is 0 Å². The lowest BCUT2D eigenvalue weighted by Crippen LogP contribution is -2.19. The molecule has 5 aromatic rings. The third-order valence-electron chi connectivity index (χ3n) is 7.57. The summed E-state index contributed by atoms with van der Waals surface area (Å²) in [7, 11) is 0. The van der Waals surface area contributed by atoms with Gasteiger partial charge in [-0.1, -0.05) is 36.2 Å². The molecule has 1 aliphatic carbocycles. The molecule has 0 radical (unpaired) electrons. The van der Waals surface area contributed by atoms with Crippen LogP contribution in [0.25, 0.3) is 33.3 Å². The highest BCUT2D eigenvalue weighted by Gasteiger charge is 2.31. The van der Waals surface area contributed by atoms with Crippen molar-refractivity contribution in [1.82, 2.24) is 19.7 Å². The van der Waals surface area contributed by atoms with E-state index in [-0.39, 0.29) is 11.6 Å². The van der Waals surface area contributed by atoms with Crippen molar-refractivity contribution in [2.24, 2.45) is 5.92 Å². The van der Waals surface area contributed by atoms with Crippen LogP contribution in [0, 0.1) is 19.8 Å². The largest absolute Gasteiger partial charge is 0.478 e. The highest BCUT2D eigenvalue weighted by molar-refractivity contribution is 5.96. The number of nitrogens with zero attached hydrogens (tertiary/aromatic N) is 4. The fraction of sp³-hybridized carbons (Fsp3) is 0.267. The van der Waals surface area contributed by atoms with Crippen molar-refractivity contribution in [1.29, 1.82) is 0 Å². The zero-order chi connectivity index (χ0) is 25.5. The normalized spacial score (nSPS) is 14.9. The molecule has 0 spiro atoms. The molecule has 0 amide bonds. The third kappa shape index (κ3) is 4.10. The molecule has 1 fully saturated rings. The van der Waals surface area contributed by atoms with Crippen LogP contribution in [-0.2, 0) is 0 Å². The number of carboxylic acids is 1. The average Bonchev–Trinajstić information content (AvgIpc) is 3.65. The van der Waals surface area contributed by atoms with E-state index < -0.39 is 5.97 Å². The Morgan fingerprint density at radius 1 is 1.05 bits per heavy atom. The van der Waals surface area contributed by atoms with Crippen LogP contribution in [0.2, 0.25) is 0 Å². The Kier molecular flexibility index (Phi) is 5.83. The van der Waals surface area contributed by atoms with E-state index in [1.165, 1.54) is 12.8 Å². The van der Waals surface area contributed by atoms with E-state index in [1.54, 1.807) is 12.1 Å². The second-order valence-electron chi connectivity index (χ2n) is 9.87. The summed E-state index contributed by atoms with van der Waals surface area (Å²) in [5.41, 5.74) is 7.84. The summed E-state index contributed by atoms with van der Waals surface area (Å²) in [5, 5.41) is 13.5. The molecular weight excluding hydrogens is 464 g/mol. The number of carbonyl (C=O) groups is 1. The first kappa shape index (κ1) is 23.2. The molecule has 4 aromatic heterocycles. The zero-order valence-corrected chi connectivity index (χ0v) is 20.9. The fourth-order valence-electron chi connectivity index (χ4n) is 5.83. The monoisotopic (exact) mass is 492 g/mol. The minimum atomic E-state index is -0.937. The number of aryl methyl sites for hydroxylation is 2. The van der Waals surface area contributed by atoms with Crippen molar-refractivity contribution >= 4 is 17.0 Å². The molecule has 0 aliphatic heterocycles. The van der Waals surface area contributed by atoms with Gasteiger partial charge in [0.05, 0.1) is 34.0 Å². The average molecular weight is 493 g/mol. The van der Waals surface area contributed by atoms with Crippen LogP contribution >= 0.6 is 0 Å². The van der Waals surface area contributed by atoms with Gasteiger partial charge in [0.2, 0.25) is 0 Å². The Morgan fingerprint density at radius 3 is 2.49 bits per heavy atom. The molecule has 7 nitrogen and oxygen atoms in total. The van der Waals surface area contributed by atoms with E-state index in [0.29, 0.717) is 5.92 Å². The highest BCUT2D eigenvalue weighted by Crippen LogP contribution is 2.42. The first-order chi connectivity index (χ1) is 18.0. The highest BCUT2D eigenvalue weighted by atomic mass is 16.5. The van der Waals surface area contributed by atoms with Crippen molar-refractivity contribution in [3.8, 4) is 22.3 Å². The first-order valence-corrected chi connectivity index (χ1v) is 12.7. The number of aromatic nitrogens is 4. The standard InChI is InChI=1S/C30H28N4O3/c1-18-27(19(2)37-33-18)23-15-26-28(32-16-23)24(20-10-12-22(13-11-20)30(35)36)17-34(26)29(21-7-3-4-8-21)25-9-5-6-14-31-25/h5-6,9-17,21,29H,3-4,7-8H2,1-2H3,(H,35,36)/t29-/m1/s1. The smallest absolute Gasteiger partial charge is 0.335 e. The summed E-state index contributed by atoms with van der Waals surface area (Å²) in [6, 6.07) is 15.4. The van der Waals surface area contributed by atoms with Crippen molar-refractivity contribution < 1.29 is 14.4 Å². The summed E-state index contributed by atoms with van der Waals surface area (Å²) >= 11 is 0. The van der Waals surface area contributed by atoms with Gasteiger partial charge in [-0.2, -0.15) is 0 Å². The van der Waals surface area contributed by atoms with E-state index in [9.17, 15) is 9.90 Å². The van der Waals surface area contributed by atoms with Crippen molar-refractivity contribution in [3.63, 3.8) is 0 Å². The van der Waals surface area contributed by atoms with E-state index in [4.69, 9.17) is 14.5 Å². The Balaban J connectivity index is 1.59. The molecule has 0 unspecified atom stereocenters. The molecule has 1 N–H and O–H groups in total. The van der Waals surface area contributed by atoms with Gasteiger partial charge < -0.3 is 14.2 Å². The fourth-order valence-corrected chi connectivity index (χ4v) is 5.83. The maximum absolute atomic E-state index is 11.4. The molecule has 1 saturated carbocycles. The van der Waals surface area contributed by atoms with Gasteiger partial charge in [0.1, 0.15) is 5.76 Å². The van der Waals surface area contributed by atoms with Crippen molar-refractivity contribution in [2.45, 2.75) is 45.6 Å². The Morgan fingerprint density at radius 2 is 1.84 bits per heavy atom. The van der Waals surface area contributed by atoms with Crippen molar-refractivity contribution in [2.75, 3.05) is 0 Å². The summed E-state index contributed by atoms with van der Waals surface area (Å²) < 4.78 is 7.79. The van der Waals surface area contributed by atoms with Crippen LogP contribution < -0.4 is 0 Å².